The quantitative estimate of drug-likeness (QED) is 0.850. The van der Waals surface area contributed by atoms with E-state index >= 15 is 0 Å². The number of aliphatic imine (C=N–C) groups is 2. The lowest BCUT2D eigenvalue weighted by Crippen LogP contribution is -2.53. The first-order valence-electron chi connectivity index (χ1n) is 7.37. The van der Waals surface area contributed by atoms with Crippen LogP contribution in [0, 0.1) is 13.8 Å². The molecule has 0 radical (unpaired) electrons. The zero-order chi connectivity index (χ0) is 16.1. The number of benzene rings is 1. The molecule has 0 spiro atoms. The molecule has 116 valence electrons. The Labute approximate surface area is 130 Å². The minimum Gasteiger partial charge on any atom is -0.369 e. The highest BCUT2D eigenvalue weighted by atomic mass is 16.2. The van der Waals surface area contributed by atoms with E-state index in [4.69, 9.17) is 10.7 Å². The average molecular weight is 299 g/mol. The summed E-state index contributed by atoms with van der Waals surface area (Å²) in [5.41, 5.74) is 8.63. The predicted octanol–water partition coefficient (Wildman–Crippen LogP) is 1.32. The van der Waals surface area contributed by atoms with Gasteiger partial charge in [0.25, 0.3) is 0 Å². The van der Waals surface area contributed by atoms with Gasteiger partial charge in [0, 0.05) is 32.5 Å². The van der Waals surface area contributed by atoms with Gasteiger partial charge in [0.1, 0.15) is 0 Å². The SMILES string of the molecule is Cc1ccc(C23CCC(=O)N2C(N)=NC(N(C)C)=N3)c(C)c1. The van der Waals surface area contributed by atoms with Crippen LogP contribution in [0.5, 0.6) is 0 Å². The molecule has 2 N–H and O–H groups in total. The van der Waals surface area contributed by atoms with Crippen LogP contribution in [0.1, 0.15) is 29.5 Å². The summed E-state index contributed by atoms with van der Waals surface area (Å²) in [5, 5.41) is 0. The van der Waals surface area contributed by atoms with Crippen molar-refractivity contribution in [2.24, 2.45) is 15.7 Å². The lowest BCUT2D eigenvalue weighted by atomic mass is 9.91. The van der Waals surface area contributed by atoms with Gasteiger partial charge in [-0.3, -0.25) is 9.69 Å². The van der Waals surface area contributed by atoms with Crippen molar-refractivity contribution in [2.75, 3.05) is 14.1 Å². The maximum atomic E-state index is 12.3. The number of amides is 1. The highest BCUT2D eigenvalue weighted by Crippen LogP contribution is 2.44. The first-order chi connectivity index (χ1) is 10.3. The Morgan fingerprint density at radius 3 is 2.68 bits per heavy atom. The zero-order valence-corrected chi connectivity index (χ0v) is 13.4. The third-order valence-corrected chi connectivity index (χ3v) is 4.25. The molecule has 0 aliphatic carbocycles. The summed E-state index contributed by atoms with van der Waals surface area (Å²) in [6.07, 6.45) is 1.04. The molecule has 1 saturated heterocycles. The van der Waals surface area contributed by atoms with Crippen molar-refractivity contribution in [1.82, 2.24) is 9.80 Å². The van der Waals surface area contributed by atoms with Crippen LogP contribution in [-0.4, -0.2) is 41.7 Å². The minimum absolute atomic E-state index is 0.0252. The molecule has 2 heterocycles. The summed E-state index contributed by atoms with van der Waals surface area (Å²) in [5.74, 6) is 0.743. The fraction of sp³-hybridized carbons (Fsp3) is 0.438. The summed E-state index contributed by atoms with van der Waals surface area (Å²) in [7, 11) is 3.75. The molecule has 1 unspecified atom stereocenters. The molecule has 22 heavy (non-hydrogen) atoms. The van der Waals surface area contributed by atoms with Crippen LogP contribution in [0.15, 0.2) is 28.2 Å². The van der Waals surface area contributed by atoms with Crippen LogP contribution in [0.2, 0.25) is 0 Å². The van der Waals surface area contributed by atoms with E-state index in [1.165, 1.54) is 5.56 Å². The van der Waals surface area contributed by atoms with Crippen molar-refractivity contribution in [1.29, 1.82) is 0 Å². The number of hydrogen-bond acceptors (Lipinski definition) is 5. The zero-order valence-electron chi connectivity index (χ0n) is 13.4. The van der Waals surface area contributed by atoms with Crippen molar-refractivity contribution < 1.29 is 4.79 Å². The van der Waals surface area contributed by atoms with E-state index in [0.717, 1.165) is 11.1 Å². The molecule has 1 amide bonds. The second-order valence-corrected chi connectivity index (χ2v) is 6.14. The minimum atomic E-state index is -0.764. The Kier molecular flexibility index (Phi) is 3.20. The van der Waals surface area contributed by atoms with E-state index in [1.807, 2.05) is 38.1 Å². The van der Waals surface area contributed by atoms with Crippen molar-refractivity contribution in [3.8, 4) is 0 Å². The van der Waals surface area contributed by atoms with E-state index in [-0.39, 0.29) is 11.9 Å². The molecule has 1 fully saturated rings. The standard InChI is InChI=1S/C16H21N5O/c1-10-5-6-12(11(2)9-10)16-8-7-13(22)21(16)14(17)18-15(19-16)20(3)4/h5-6,9H,7-8H2,1-4H3,(H2,17,18,19). The molecular formula is C16H21N5O. The lowest BCUT2D eigenvalue weighted by Gasteiger charge is -2.39. The molecule has 0 saturated carbocycles. The number of aryl methyl sites for hydroxylation is 2. The van der Waals surface area contributed by atoms with E-state index in [0.29, 0.717) is 18.8 Å². The Morgan fingerprint density at radius 2 is 2.05 bits per heavy atom. The van der Waals surface area contributed by atoms with Crippen LogP contribution in [0.25, 0.3) is 0 Å². The number of carbonyl (C=O) groups excluding carboxylic acids is 1. The van der Waals surface area contributed by atoms with Gasteiger partial charge in [0.15, 0.2) is 5.66 Å². The summed E-state index contributed by atoms with van der Waals surface area (Å²) in [6, 6.07) is 6.20. The lowest BCUT2D eigenvalue weighted by molar-refractivity contribution is -0.126. The molecule has 0 aromatic heterocycles. The normalized spacial score (nSPS) is 24.0. The van der Waals surface area contributed by atoms with E-state index < -0.39 is 5.66 Å². The molecule has 6 heteroatoms. The second-order valence-electron chi connectivity index (χ2n) is 6.14. The van der Waals surface area contributed by atoms with Gasteiger partial charge in [0.2, 0.25) is 17.8 Å². The highest BCUT2D eigenvalue weighted by molar-refractivity contribution is 6.06. The molecule has 6 nitrogen and oxygen atoms in total. The van der Waals surface area contributed by atoms with Crippen LogP contribution >= 0.6 is 0 Å². The van der Waals surface area contributed by atoms with Gasteiger partial charge in [0.05, 0.1) is 0 Å². The van der Waals surface area contributed by atoms with Crippen LogP contribution < -0.4 is 5.73 Å². The maximum Gasteiger partial charge on any atom is 0.231 e. The molecule has 2 aliphatic heterocycles. The smallest absolute Gasteiger partial charge is 0.231 e. The average Bonchev–Trinajstić information content (AvgIpc) is 2.77. The van der Waals surface area contributed by atoms with Crippen molar-refractivity contribution >= 4 is 17.8 Å². The predicted molar refractivity (Wildman–Crippen MR) is 86.4 cm³/mol. The Balaban J connectivity index is 2.23. The first kappa shape index (κ1) is 14.6. The van der Waals surface area contributed by atoms with Crippen molar-refractivity contribution in [3.63, 3.8) is 0 Å². The first-order valence-corrected chi connectivity index (χ1v) is 7.37. The molecular weight excluding hydrogens is 278 g/mol. The number of rotatable bonds is 1. The molecule has 1 aromatic carbocycles. The van der Waals surface area contributed by atoms with Crippen LogP contribution in [-0.2, 0) is 10.5 Å². The number of nitrogens with zero attached hydrogens (tertiary/aromatic N) is 4. The maximum absolute atomic E-state index is 12.3. The van der Waals surface area contributed by atoms with Gasteiger partial charge in [-0.15, -0.1) is 0 Å². The summed E-state index contributed by atoms with van der Waals surface area (Å²) in [4.78, 5) is 24.8. The Bertz CT molecular complexity index is 706. The second kappa shape index (κ2) is 4.83. The molecule has 0 bridgehead atoms. The summed E-state index contributed by atoms with van der Waals surface area (Å²) >= 11 is 0. The third kappa shape index (κ3) is 1.98. The number of carbonyl (C=O) groups is 1. The molecule has 2 aliphatic rings. The fourth-order valence-corrected chi connectivity index (χ4v) is 3.26. The third-order valence-electron chi connectivity index (χ3n) is 4.25. The van der Waals surface area contributed by atoms with E-state index in [1.54, 1.807) is 4.90 Å². The van der Waals surface area contributed by atoms with Crippen LogP contribution in [0.4, 0.5) is 0 Å². The van der Waals surface area contributed by atoms with Crippen LogP contribution in [0.3, 0.4) is 0 Å². The highest BCUT2D eigenvalue weighted by Gasteiger charge is 2.51. The Hall–Kier alpha value is -2.37. The Morgan fingerprint density at radius 1 is 1.32 bits per heavy atom. The molecule has 1 aromatic rings. The summed E-state index contributed by atoms with van der Waals surface area (Å²) < 4.78 is 0. The topological polar surface area (TPSA) is 74.3 Å². The number of fused-ring (bicyclic) bond motifs is 1. The fourth-order valence-electron chi connectivity index (χ4n) is 3.26. The van der Waals surface area contributed by atoms with Gasteiger partial charge in [-0.05, 0) is 19.4 Å². The number of nitrogens with two attached hydrogens (primary N) is 1. The number of hydrogen-bond donors (Lipinski definition) is 1. The van der Waals surface area contributed by atoms with Gasteiger partial charge in [-0.25, -0.2) is 4.99 Å². The van der Waals surface area contributed by atoms with Gasteiger partial charge < -0.3 is 10.6 Å². The van der Waals surface area contributed by atoms with Crippen molar-refractivity contribution in [2.45, 2.75) is 32.4 Å². The van der Waals surface area contributed by atoms with Gasteiger partial charge in [-0.1, -0.05) is 23.8 Å². The number of guanidine groups is 2. The molecule has 3 rings (SSSR count). The van der Waals surface area contributed by atoms with Crippen molar-refractivity contribution in [3.05, 3.63) is 34.9 Å². The largest absolute Gasteiger partial charge is 0.369 e. The van der Waals surface area contributed by atoms with E-state index in [9.17, 15) is 4.79 Å². The molecule has 1 atom stereocenters. The monoisotopic (exact) mass is 299 g/mol. The van der Waals surface area contributed by atoms with Gasteiger partial charge in [-0.2, -0.15) is 4.99 Å². The van der Waals surface area contributed by atoms with Gasteiger partial charge >= 0.3 is 0 Å². The summed E-state index contributed by atoms with van der Waals surface area (Å²) in [6.45, 7) is 4.10. The van der Waals surface area contributed by atoms with E-state index in [2.05, 4.69) is 18.0 Å².